The molecule has 0 aliphatic carbocycles. The van der Waals surface area contributed by atoms with Gasteiger partial charge in [0, 0.05) is 34.1 Å². The molecule has 0 aliphatic heterocycles. The molecule has 0 saturated carbocycles. The van der Waals surface area contributed by atoms with E-state index in [0.717, 1.165) is 11.1 Å². The third-order valence-electron chi connectivity index (χ3n) is 9.02. The average molecular weight is 905 g/mol. The van der Waals surface area contributed by atoms with Gasteiger partial charge in [-0.05, 0) is 24.3 Å². The molecular weight excluding hydrogens is 869 g/mol. The number of nitrogens with two attached hydrogens (primary N) is 2. The van der Waals surface area contributed by atoms with Crippen molar-refractivity contribution in [2.75, 3.05) is 11.5 Å². The van der Waals surface area contributed by atoms with Crippen molar-refractivity contribution < 1.29 is 38.9 Å². The number of azo groups is 2. The lowest BCUT2D eigenvalue weighted by atomic mass is 9.91. The maximum Gasteiger partial charge on any atom is 0.335 e. The zero-order chi connectivity index (χ0) is 46.1. The molecule has 64 heavy (non-hydrogen) atoms. The van der Waals surface area contributed by atoms with E-state index in [1.165, 1.54) is 68.4 Å². The standard InChI is InChI=1S/C40H36N14O8S2/c1-39(2,3)29-27(31(41)53(51-29)23-11-21(35(57)58)13-25(15-23)61-17-55)43-47-37-49-45-33(63-37)19-7-9-20(10-8-19)34-46-50-38(64-34)48-44-28-30(40(4,5)6)52-54(32(28)42)24-12-22(36(59)60)14-26(16-24)62-18-56/h7-18H,41-42H2,1-6H3,(H,57,58)(H,59,60). The Morgan fingerprint density at radius 1 is 0.609 bits per heavy atom. The fraction of sp³-hybridized carbons (Fsp3) is 0.200. The zero-order valence-electron chi connectivity index (χ0n) is 34.6. The van der Waals surface area contributed by atoms with E-state index in [2.05, 4.69) is 51.0 Å². The SMILES string of the molecule is CC(C)(C)c1nn(-c2cc(OC=O)cc(C(=O)O)c2)c(N)c1N=Nc1nnc(-c2ccc(-c3nnc(N=Nc4c(C(C)(C)C)nn(-c5cc(OC=O)cc(C(=O)O)c5)c4N)s3)cc2)s1. The highest BCUT2D eigenvalue weighted by molar-refractivity contribution is 7.18. The van der Waals surface area contributed by atoms with Gasteiger partial charge in [-0.2, -0.15) is 10.2 Å². The summed E-state index contributed by atoms with van der Waals surface area (Å²) >= 11 is 2.36. The Kier molecular flexibility index (Phi) is 11.9. The first-order valence-corrected chi connectivity index (χ1v) is 20.3. The molecule has 7 rings (SSSR count). The molecule has 4 heterocycles. The van der Waals surface area contributed by atoms with Crippen molar-refractivity contribution in [1.82, 2.24) is 40.0 Å². The fourth-order valence-electron chi connectivity index (χ4n) is 6.04. The number of ether oxygens (including phenoxy) is 2. The van der Waals surface area contributed by atoms with Gasteiger partial charge >= 0.3 is 11.9 Å². The first-order chi connectivity index (χ1) is 30.3. The van der Waals surface area contributed by atoms with E-state index in [4.69, 9.17) is 20.9 Å². The Hall–Kier alpha value is -8.12. The minimum Gasteiger partial charge on any atom is -0.478 e. The third kappa shape index (κ3) is 9.21. The van der Waals surface area contributed by atoms with Gasteiger partial charge in [0.2, 0.25) is 0 Å². The van der Waals surface area contributed by atoms with Gasteiger partial charge in [0.1, 0.15) is 21.5 Å². The van der Waals surface area contributed by atoms with E-state index in [0.29, 0.717) is 21.4 Å². The molecule has 7 aromatic rings. The van der Waals surface area contributed by atoms with Gasteiger partial charge in [0.25, 0.3) is 23.2 Å². The third-order valence-corrected chi connectivity index (χ3v) is 10.7. The second-order valence-corrected chi connectivity index (χ2v) is 17.6. The number of aromatic carboxylic acids is 2. The lowest BCUT2D eigenvalue weighted by Gasteiger charge is -2.15. The maximum atomic E-state index is 11.8. The second kappa shape index (κ2) is 17.3. The van der Waals surface area contributed by atoms with E-state index < -0.39 is 22.8 Å². The van der Waals surface area contributed by atoms with Crippen LogP contribution in [0.2, 0.25) is 0 Å². The second-order valence-electron chi connectivity index (χ2n) is 15.7. The molecule has 0 atom stereocenters. The first kappa shape index (κ1) is 44.0. The monoisotopic (exact) mass is 904 g/mol. The number of nitrogen functional groups attached to an aromatic ring is 2. The van der Waals surface area contributed by atoms with Gasteiger partial charge in [-0.15, -0.1) is 40.9 Å². The van der Waals surface area contributed by atoms with Crippen molar-refractivity contribution >= 4 is 80.8 Å². The molecular formula is C40H36N14O8S2. The number of carboxylic acids is 2. The normalized spacial score (nSPS) is 12.0. The number of hydrogen-bond acceptors (Lipinski definition) is 20. The summed E-state index contributed by atoms with van der Waals surface area (Å²) in [4.78, 5) is 45.6. The number of aromatic nitrogens is 8. The lowest BCUT2D eigenvalue weighted by molar-refractivity contribution is -0.121. The highest BCUT2D eigenvalue weighted by atomic mass is 32.1. The van der Waals surface area contributed by atoms with E-state index >= 15 is 0 Å². The summed E-state index contributed by atoms with van der Waals surface area (Å²) in [5.74, 6) is -2.38. The van der Waals surface area contributed by atoms with Gasteiger partial charge in [-0.1, -0.05) is 88.5 Å². The molecule has 0 fully saturated rings. The Balaban J connectivity index is 1.10. The lowest BCUT2D eigenvalue weighted by Crippen LogP contribution is -2.13. The van der Waals surface area contributed by atoms with Crippen LogP contribution in [0.25, 0.3) is 32.5 Å². The maximum absolute atomic E-state index is 11.8. The number of benzene rings is 3. The van der Waals surface area contributed by atoms with E-state index in [1.54, 1.807) is 0 Å². The molecule has 22 nitrogen and oxygen atoms in total. The van der Waals surface area contributed by atoms with Gasteiger partial charge in [0.15, 0.2) is 23.0 Å². The summed E-state index contributed by atoms with van der Waals surface area (Å²) in [6.45, 7) is 11.8. The number of anilines is 2. The number of carboxylic acid groups (broad SMARTS) is 2. The predicted octanol–water partition coefficient (Wildman–Crippen LogP) is 8.15. The Morgan fingerprint density at radius 3 is 1.31 bits per heavy atom. The number of carbonyl (C=O) groups excluding carboxylic acids is 2. The minimum atomic E-state index is -1.24. The summed E-state index contributed by atoms with van der Waals surface area (Å²) in [7, 11) is 0. The molecule has 0 unspecified atom stereocenters. The molecule has 0 amide bonds. The average Bonchev–Trinajstić information content (AvgIpc) is 4.05. The fourth-order valence-corrected chi connectivity index (χ4v) is 7.38. The van der Waals surface area contributed by atoms with Crippen LogP contribution in [0.15, 0.2) is 81.1 Å². The first-order valence-electron chi connectivity index (χ1n) is 18.7. The molecule has 0 saturated heterocycles. The van der Waals surface area contributed by atoms with Crippen LogP contribution < -0.4 is 20.9 Å². The topological polar surface area (TPSA) is 316 Å². The van der Waals surface area contributed by atoms with Crippen LogP contribution in [-0.2, 0) is 20.4 Å². The van der Waals surface area contributed by atoms with Crippen LogP contribution in [0, 0.1) is 0 Å². The van der Waals surface area contributed by atoms with Crippen LogP contribution in [0.1, 0.15) is 73.6 Å². The molecule has 3 aromatic carbocycles. The molecule has 6 N–H and O–H groups in total. The smallest absolute Gasteiger partial charge is 0.335 e. The van der Waals surface area contributed by atoms with Crippen molar-refractivity contribution in [1.29, 1.82) is 0 Å². The number of rotatable bonds is 14. The van der Waals surface area contributed by atoms with Gasteiger partial charge in [-0.25, -0.2) is 19.0 Å². The number of hydrogen-bond donors (Lipinski definition) is 4. The summed E-state index contributed by atoms with van der Waals surface area (Å²) in [6, 6.07) is 15.3. The Bertz CT molecular complexity index is 2810. The van der Waals surface area contributed by atoms with E-state index in [9.17, 15) is 29.4 Å². The highest BCUT2D eigenvalue weighted by Crippen LogP contribution is 2.41. The predicted molar refractivity (Wildman–Crippen MR) is 233 cm³/mol. The van der Waals surface area contributed by atoms with Crippen LogP contribution in [-0.4, -0.2) is 75.1 Å². The molecule has 4 aromatic heterocycles. The zero-order valence-corrected chi connectivity index (χ0v) is 36.2. The Labute approximate surface area is 369 Å². The molecule has 0 spiro atoms. The van der Waals surface area contributed by atoms with Crippen molar-refractivity contribution in [2.24, 2.45) is 20.5 Å². The summed E-state index contributed by atoms with van der Waals surface area (Å²) in [5.41, 5.74) is 15.0. The largest absolute Gasteiger partial charge is 0.478 e. The summed E-state index contributed by atoms with van der Waals surface area (Å²) in [6.07, 6.45) is 0. The van der Waals surface area contributed by atoms with Crippen molar-refractivity contribution in [3.05, 3.63) is 83.2 Å². The van der Waals surface area contributed by atoms with Crippen LogP contribution >= 0.6 is 22.7 Å². The highest BCUT2D eigenvalue weighted by Gasteiger charge is 2.29. The van der Waals surface area contributed by atoms with Crippen LogP contribution in [0.3, 0.4) is 0 Å². The minimum absolute atomic E-state index is 0.0117. The molecule has 0 aliphatic rings. The van der Waals surface area contributed by atoms with Crippen molar-refractivity contribution in [3.63, 3.8) is 0 Å². The van der Waals surface area contributed by atoms with E-state index in [-0.39, 0.29) is 80.2 Å². The summed E-state index contributed by atoms with van der Waals surface area (Å²) < 4.78 is 12.5. The molecule has 326 valence electrons. The Morgan fingerprint density at radius 2 is 0.984 bits per heavy atom. The molecule has 0 radical (unpaired) electrons. The van der Waals surface area contributed by atoms with Crippen molar-refractivity contribution in [3.8, 4) is 44.0 Å². The number of carbonyl (C=O) groups is 4. The van der Waals surface area contributed by atoms with Gasteiger partial charge in [-0.3, -0.25) is 9.59 Å². The quantitative estimate of drug-likeness (QED) is 0.0590. The van der Waals surface area contributed by atoms with Gasteiger partial charge < -0.3 is 31.2 Å². The summed E-state index contributed by atoms with van der Waals surface area (Å²) in [5, 5.41) is 64.4. The van der Waals surface area contributed by atoms with Crippen molar-refractivity contribution in [2.45, 2.75) is 52.4 Å². The van der Waals surface area contributed by atoms with Crippen LogP contribution in [0.4, 0.5) is 33.3 Å². The molecule has 24 heteroatoms. The van der Waals surface area contributed by atoms with Gasteiger partial charge in [0.05, 0.1) is 33.9 Å². The van der Waals surface area contributed by atoms with Crippen LogP contribution in [0.5, 0.6) is 11.5 Å². The molecule has 0 bridgehead atoms. The number of nitrogens with zero attached hydrogens (tertiary/aromatic N) is 12. The van der Waals surface area contributed by atoms with E-state index in [1.807, 2.05) is 65.8 Å².